The number of nitro groups is 1. The number of carbonyl (C=O) groups excluding carboxylic acids is 2. The molecule has 8 heteroatoms. The molecule has 1 N–H and O–H groups in total. The molecule has 0 aliphatic carbocycles. The Morgan fingerprint density at radius 3 is 2.40 bits per heavy atom. The van der Waals surface area contributed by atoms with Crippen LogP contribution in [0.3, 0.4) is 0 Å². The van der Waals surface area contributed by atoms with Gasteiger partial charge in [0.25, 0.3) is 11.6 Å². The second-order valence-corrected chi connectivity index (χ2v) is 6.26. The Morgan fingerprint density at radius 2 is 1.80 bits per heavy atom. The van der Waals surface area contributed by atoms with Gasteiger partial charge in [-0.1, -0.05) is 41.9 Å². The number of hydrogen-bond donors (Lipinski definition) is 1. The Morgan fingerprint density at radius 1 is 1.16 bits per heavy atom. The van der Waals surface area contributed by atoms with Crippen LogP contribution in [-0.4, -0.2) is 21.8 Å². The zero-order chi connectivity index (χ0) is 18.2. The van der Waals surface area contributed by atoms with Gasteiger partial charge in [-0.15, -0.1) is 0 Å². The molecule has 2 aromatic rings. The molecule has 1 aliphatic rings. The molecule has 2 aromatic carbocycles. The van der Waals surface area contributed by atoms with E-state index in [1.807, 2.05) is 0 Å². The molecule has 1 heterocycles. The van der Waals surface area contributed by atoms with Gasteiger partial charge in [0.15, 0.2) is 0 Å². The highest BCUT2D eigenvalue weighted by molar-refractivity contribution is 6.32. The number of hydrogen-bond acceptors (Lipinski definition) is 4. The first-order chi connectivity index (χ1) is 11.8. The maximum Gasteiger partial charge on any atom is 0.325 e. The third kappa shape index (κ3) is 2.94. The van der Waals surface area contributed by atoms with Gasteiger partial charge in [0.05, 0.1) is 11.5 Å². The van der Waals surface area contributed by atoms with Gasteiger partial charge >= 0.3 is 6.03 Å². The second-order valence-electron chi connectivity index (χ2n) is 5.85. The van der Waals surface area contributed by atoms with Crippen LogP contribution in [-0.2, 0) is 16.9 Å². The summed E-state index contributed by atoms with van der Waals surface area (Å²) in [5, 5.41) is 13.8. The fraction of sp³-hybridized carbons (Fsp3) is 0.176. The van der Waals surface area contributed by atoms with Crippen molar-refractivity contribution < 1.29 is 14.5 Å². The molecular formula is C17H14ClN3O4. The van der Waals surface area contributed by atoms with Gasteiger partial charge in [-0.05, 0) is 18.6 Å². The Labute approximate surface area is 148 Å². The molecule has 128 valence electrons. The summed E-state index contributed by atoms with van der Waals surface area (Å²) in [6.07, 6.45) is 0. The zero-order valence-corrected chi connectivity index (χ0v) is 14.0. The first kappa shape index (κ1) is 16.9. The maximum absolute atomic E-state index is 12.8. The molecule has 1 saturated heterocycles. The zero-order valence-electron chi connectivity index (χ0n) is 13.2. The number of amides is 3. The molecule has 0 unspecified atom stereocenters. The van der Waals surface area contributed by atoms with Crippen LogP contribution in [0.15, 0.2) is 48.5 Å². The molecule has 1 fully saturated rings. The van der Waals surface area contributed by atoms with Crippen molar-refractivity contribution in [3.8, 4) is 0 Å². The predicted octanol–water partition coefficient (Wildman–Crippen LogP) is 3.22. The summed E-state index contributed by atoms with van der Waals surface area (Å²) in [5.41, 5.74) is -0.184. The summed E-state index contributed by atoms with van der Waals surface area (Å²) in [6.45, 7) is 1.62. The molecule has 0 aromatic heterocycles. The van der Waals surface area contributed by atoms with Gasteiger partial charge < -0.3 is 5.32 Å². The minimum Gasteiger partial charge on any atom is -0.319 e. The van der Waals surface area contributed by atoms with Crippen LogP contribution in [0.25, 0.3) is 0 Å². The van der Waals surface area contributed by atoms with Crippen LogP contribution in [0.1, 0.15) is 18.1 Å². The van der Waals surface area contributed by atoms with E-state index in [4.69, 9.17) is 11.6 Å². The molecule has 7 nitrogen and oxygen atoms in total. The van der Waals surface area contributed by atoms with E-state index in [0.29, 0.717) is 16.1 Å². The molecule has 0 spiro atoms. The molecule has 0 bridgehead atoms. The number of rotatable bonds is 4. The van der Waals surface area contributed by atoms with E-state index in [1.54, 1.807) is 31.2 Å². The van der Waals surface area contributed by atoms with E-state index < -0.39 is 22.4 Å². The standard InChI is InChI=1S/C17H14ClN3O4/c1-17(13-4-2-3-5-14(13)18)15(22)20(16(23)19-17)10-11-6-8-12(9-7-11)21(24)25/h2-9H,10H2,1H3,(H,19,23)/t17-/m1/s1. The third-order valence-electron chi connectivity index (χ3n) is 4.18. The fourth-order valence-corrected chi connectivity index (χ4v) is 3.12. The van der Waals surface area contributed by atoms with Crippen molar-refractivity contribution >= 4 is 29.2 Å². The average Bonchev–Trinajstić information content (AvgIpc) is 2.80. The van der Waals surface area contributed by atoms with E-state index in [2.05, 4.69) is 5.32 Å². The molecule has 3 amide bonds. The third-order valence-corrected chi connectivity index (χ3v) is 4.50. The number of non-ortho nitro benzene ring substituents is 1. The number of benzene rings is 2. The normalized spacial score (nSPS) is 19.8. The Hall–Kier alpha value is -2.93. The number of nitrogens with one attached hydrogen (secondary N) is 1. The van der Waals surface area contributed by atoms with Gasteiger partial charge in [-0.2, -0.15) is 0 Å². The van der Waals surface area contributed by atoms with Crippen LogP contribution < -0.4 is 5.32 Å². The smallest absolute Gasteiger partial charge is 0.319 e. The van der Waals surface area contributed by atoms with Gasteiger partial charge in [0.2, 0.25) is 0 Å². The van der Waals surface area contributed by atoms with Crippen LogP contribution in [0, 0.1) is 10.1 Å². The summed E-state index contributed by atoms with van der Waals surface area (Å²) in [7, 11) is 0. The topological polar surface area (TPSA) is 92.6 Å². The van der Waals surface area contributed by atoms with Crippen molar-refractivity contribution in [1.82, 2.24) is 10.2 Å². The van der Waals surface area contributed by atoms with Gasteiger partial charge in [0, 0.05) is 22.7 Å². The van der Waals surface area contributed by atoms with Crippen molar-refractivity contribution in [2.24, 2.45) is 0 Å². The quantitative estimate of drug-likeness (QED) is 0.515. The number of imide groups is 1. The monoisotopic (exact) mass is 359 g/mol. The van der Waals surface area contributed by atoms with Crippen LogP contribution in [0.5, 0.6) is 0 Å². The maximum atomic E-state index is 12.8. The summed E-state index contributed by atoms with van der Waals surface area (Å²) in [6, 6.07) is 12.0. The fourth-order valence-electron chi connectivity index (χ4n) is 2.80. The number of urea groups is 1. The number of halogens is 1. The highest BCUT2D eigenvalue weighted by Gasteiger charge is 2.49. The number of carbonyl (C=O) groups is 2. The van der Waals surface area contributed by atoms with E-state index in [0.717, 1.165) is 4.90 Å². The lowest BCUT2D eigenvalue weighted by molar-refractivity contribution is -0.384. The summed E-state index contributed by atoms with van der Waals surface area (Å²) in [4.78, 5) is 36.4. The van der Waals surface area contributed by atoms with Gasteiger partial charge in [-0.3, -0.25) is 19.8 Å². The summed E-state index contributed by atoms with van der Waals surface area (Å²) >= 11 is 6.18. The van der Waals surface area contributed by atoms with Gasteiger partial charge in [0.1, 0.15) is 5.54 Å². The van der Waals surface area contributed by atoms with Crippen molar-refractivity contribution in [2.75, 3.05) is 0 Å². The Kier molecular flexibility index (Phi) is 4.18. The van der Waals surface area contributed by atoms with Crippen LogP contribution >= 0.6 is 11.6 Å². The SMILES string of the molecule is C[C@]1(c2ccccc2Cl)NC(=O)N(Cc2ccc([N+](=O)[O-])cc2)C1=O. The Bertz CT molecular complexity index is 868. The van der Waals surface area contributed by atoms with Crippen LogP contribution in [0.4, 0.5) is 10.5 Å². The van der Waals surface area contributed by atoms with Crippen molar-refractivity contribution in [3.05, 3.63) is 74.8 Å². The predicted molar refractivity (Wildman–Crippen MR) is 91.0 cm³/mol. The molecule has 0 radical (unpaired) electrons. The Balaban J connectivity index is 1.87. The summed E-state index contributed by atoms with van der Waals surface area (Å²) < 4.78 is 0. The molecule has 25 heavy (non-hydrogen) atoms. The lowest BCUT2D eigenvalue weighted by Crippen LogP contribution is -2.41. The largest absolute Gasteiger partial charge is 0.325 e. The first-order valence-electron chi connectivity index (χ1n) is 7.45. The van der Waals surface area contributed by atoms with Crippen molar-refractivity contribution in [1.29, 1.82) is 0 Å². The molecular weight excluding hydrogens is 346 g/mol. The molecule has 3 rings (SSSR count). The molecule has 1 atom stereocenters. The second kappa shape index (κ2) is 6.18. The highest BCUT2D eigenvalue weighted by atomic mass is 35.5. The molecule has 1 aliphatic heterocycles. The van der Waals surface area contributed by atoms with Gasteiger partial charge in [-0.25, -0.2) is 4.79 Å². The molecule has 0 saturated carbocycles. The highest BCUT2D eigenvalue weighted by Crippen LogP contribution is 2.34. The number of nitrogens with zero attached hydrogens (tertiary/aromatic N) is 2. The lowest BCUT2D eigenvalue weighted by atomic mass is 9.92. The number of nitro benzene ring substituents is 1. The summed E-state index contributed by atoms with van der Waals surface area (Å²) in [5.74, 6) is -0.427. The first-order valence-corrected chi connectivity index (χ1v) is 7.83. The van der Waals surface area contributed by atoms with E-state index in [-0.39, 0.29) is 12.2 Å². The van der Waals surface area contributed by atoms with Crippen molar-refractivity contribution in [2.45, 2.75) is 19.0 Å². The minimum absolute atomic E-state index is 0.0166. The van der Waals surface area contributed by atoms with E-state index in [1.165, 1.54) is 24.3 Å². The average molecular weight is 360 g/mol. The van der Waals surface area contributed by atoms with E-state index in [9.17, 15) is 19.7 Å². The minimum atomic E-state index is -1.25. The van der Waals surface area contributed by atoms with Crippen LogP contribution in [0.2, 0.25) is 5.02 Å². The van der Waals surface area contributed by atoms with Crippen molar-refractivity contribution in [3.63, 3.8) is 0 Å². The lowest BCUT2D eigenvalue weighted by Gasteiger charge is -2.23. The van der Waals surface area contributed by atoms with E-state index >= 15 is 0 Å².